The van der Waals surface area contributed by atoms with Crippen LogP contribution >= 0.6 is 15.9 Å². The third-order valence-electron chi connectivity index (χ3n) is 5.66. The molecule has 0 saturated heterocycles. The lowest BCUT2D eigenvalue weighted by atomic mass is 10.1. The Bertz CT molecular complexity index is 1330. The van der Waals surface area contributed by atoms with E-state index in [4.69, 9.17) is 0 Å². The second kappa shape index (κ2) is 10.1. The van der Waals surface area contributed by atoms with Gasteiger partial charge in [0, 0.05) is 45.6 Å². The summed E-state index contributed by atoms with van der Waals surface area (Å²) in [5, 5.41) is 12.2. The number of amides is 2. The molecule has 0 bridgehead atoms. The summed E-state index contributed by atoms with van der Waals surface area (Å²) in [5.74, 6) is 1.21. The van der Waals surface area contributed by atoms with Gasteiger partial charge in [-0.25, -0.2) is 0 Å². The third kappa shape index (κ3) is 5.25. The van der Waals surface area contributed by atoms with Crippen LogP contribution in [0.2, 0.25) is 0 Å². The average molecular weight is 531 g/mol. The summed E-state index contributed by atoms with van der Waals surface area (Å²) >= 11 is 3.43. The number of benzene rings is 3. The zero-order valence-electron chi connectivity index (χ0n) is 18.8. The van der Waals surface area contributed by atoms with E-state index in [1.165, 1.54) is 0 Å². The summed E-state index contributed by atoms with van der Waals surface area (Å²) in [6, 6.07) is 19.9. The van der Waals surface area contributed by atoms with Gasteiger partial charge in [-0.15, -0.1) is 0 Å². The number of carbonyl (C=O) groups is 2. The van der Waals surface area contributed by atoms with Crippen molar-refractivity contribution in [2.75, 3.05) is 36.8 Å². The fraction of sp³-hybridized carbons (Fsp3) is 0.154. The molecular weight excluding hydrogens is 508 g/mol. The number of hydrogen-bond acceptors (Lipinski definition) is 6. The largest absolute Gasteiger partial charge is 0.368 e. The fourth-order valence-corrected chi connectivity index (χ4v) is 4.41. The topological polar surface area (TPSA) is 107 Å². The van der Waals surface area contributed by atoms with Gasteiger partial charge < -0.3 is 21.3 Å². The number of anilines is 2. The molecule has 0 fully saturated rings. The van der Waals surface area contributed by atoms with Crippen LogP contribution in [-0.4, -0.2) is 49.7 Å². The van der Waals surface area contributed by atoms with Crippen LogP contribution in [0.1, 0.15) is 31.8 Å². The van der Waals surface area contributed by atoms with E-state index in [0.717, 1.165) is 49.0 Å². The van der Waals surface area contributed by atoms with Gasteiger partial charge >= 0.3 is 0 Å². The first-order valence-corrected chi connectivity index (χ1v) is 12.1. The van der Waals surface area contributed by atoms with Crippen molar-refractivity contribution >= 4 is 50.8 Å². The molecule has 0 radical (unpaired) electrons. The lowest BCUT2D eigenvalue weighted by Crippen LogP contribution is -2.19. The Morgan fingerprint density at radius 1 is 0.714 bits per heavy atom. The van der Waals surface area contributed by atoms with Gasteiger partial charge in [0.1, 0.15) is 11.7 Å². The van der Waals surface area contributed by atoms with Crippen LogP contribution < -0.4 is 21.3 Å². The van der Waals surface area contributed by atoms with Crippen LogP contribution in [0.15, 0.2) is 81.2 Å². The van der Waals surface area contributed by atoms with Crippen molar-refractivity contribution in [3.63, 3.8) is 0 Å². The average Bonchev–Trinajstić information content (AvgIpc) is 3.60. The van der Waals surface area contributed by atoms with Crippen LogP contribution in [0.3, 0.4) is 0 Å². The number of rotatable bonds is 6. The maximum Gasteiger partial charge on any atom is 0.256 e. The van der Waals surface area contributed by atoms with Gasteiger partial charge in [-0.3, -0.25) is 19.6 Å². The maximum atomic E-state index is 12.8. The van der Waals surface area contributed by atoms with E-state index in [0.29, 0.717) is 27.0 Å². The highest BCUT2D eigenvalue weighted by atomic mass is 79.9. The summed E-state index contributed by atoms with van der Waals surface area (Å²) in [6.07, 6.45) is 0. The van der Waals surface area contributed by atoms with E-state index < -0.39 is 0 Å². The van der Waals surface area contributed by atoms with Crippen molar-refractivity contribution < 1.29 is 9.59 Å². The summed E-state index contributed by atoms with van der Waals surface area (Å²) in [5.41, 5.74) is 4.19. The van der Waals surface area contributed by atoms with E-state index in [-0.39, 0.29) is 11.8 Å². The van der Waals surface area contributed by atoms with Crippen LogP contribution in [0.4, 0.5) is 11.4 Å². The van der Waals surface area contributed by atoms with E-state index in [1.807, 2.05) is 48.5 Å². The standard InChI is InChI=1S/C26H23BrN6O2/c27-22-15-18(25(34)32-19-6-1-16(2-7-19)23-28-11-12-29-23)5-10-21(22)26(35)33-20-8-3-17(4-9-20)24-30-13-14-31-24/h1-10,15H,11-14H2,(H,28,29)(H,30,31)(H,32,34)(H,33,35). The van der Waals surface area contributed by atoms with Crippen molar-refractivity contribution in [1.82, 2.24) is 10.6 Å². The highest BCUT2D eigenvalue weighted by molar-refractivity contribution is 9.10. The minimum Gasteiger partial charge on any atom is -0.368 e. The van der Waals surface area contributed by atoms with E-state index in [2.05, 4.69) is 47.2 Å². The molecule has 9 heteroatoms. The molecule has 0 saturated carbocycles. The van der Waals surface area contributed by atoms with E-state index in [9.17, 15) is 9.59 Å². The molecule has 0 aromatic heterocycles. The Morgan fingerprint density at radius 3 is 1.69 bits per heavy atom. The Morgan fingerprint density at radius 2 is 1.23 bits per heavy atom. The normalized spacial score (nSPS) is 14.4. The number of hydrogen-bond donors (Lipinski definition) is 4. The van der Waals surface area contributed by atoms with Crippen molar-refractivity contribution in [2.24, 2.45) is 9.98 Å². The molecule has 2 aliphatic heterocycles. The minimum absolute atomic E-state index is 0.263. The second-order valence-corrected chi connectivity index (χ2v) is 8.93. The minimum atomic E-state index is -0.271. The molecule has 3 aromatic carbocycles. The van der Waals surface area contributed by atoms with Crippen molar-refractivity contribution in [3.05, 3.63) is 93.5 Å². The zero-order valence-corrected chi connectivity index (χ0v) is 20.4. The Kier molecular flexibility index (Phi) is 6.58. The molecule has 176 valence electrons. The van der Waals surface area contributed by atoms with Gasteiger partial charge in [-0.1, -0.05) is 0 Å². The number of nitrogens with one attached hydrogen (secondary N) is 4. The Hall–Kier alpha value is -3.98. The fourth-order valence-electron chi connectivity index (χ4n) is 3.85. The number of amidine groups is 2. The van der Waals surface area contributed by atoms with Crippen LogP contribution in [0, 0.1) is 0 Å². The Labute approximate surface area is 211 Å². The first-order valence-electron chi connectivity index (χ1n) is 11.3. The molecule has 0 unspecified atom stereocenters. The molecule has 8 nitrogen and oxygen atoms in total. The van der Waals surface area contributed by atoms with Crippen LogP contribution in [-0.2, 0) is 0 Å². The quantitative estimate of drug-likeness (QED) is 0.390. The van der Waals surface area contributed by atoms with Crippen molar-refractivity contribution in [3.8, 4) is 0 Å². The van der Waals surface area contributed by atoms with Crippen molar-refractivity contribution in [2.45, 2.75) is 0 Å². The smallest absolute Gasteiger partial charge is 0.256 e. The molecular formula is C26H23BrN6O2. The van der Waals surface area contributed by atoms with Gasteiger partial charge in [-0.2, -0.15) is 0 Å². The van der Waals surface area contributed by atoms with E-state index >= 15 is 0 Å². The maximum absolute atomic E-state index is 12.8. The first kappa shape index (κ1) is 22.8. The summed E-state index contributed by atoms with van der Waals surface area (Å²) in [6.45, 7) is 3.24. The molecule has 5 rings (SSSR count). The number of nitrogens with zero attached hydrogens (tertiary/aromatic N) is 2. The number of aliphatic imine (C=N–C) groups is 2. The molecule has 2 aliphatic rings. The SMILES string of the molecule is O=C(Nc1ccc(C2=NCCN2)cc1)c1ccc(C(=O)Nc2ccc(C3=NCCN3)cc2)c(Br)c1. The summed E-state index contributed by atoms with van der Waals surface area (Å²) in [7, 11) is 0. The summed E-state index contributed by atoms with van der Waals surface area (Å²) in [4.78, 5) is 34.3. The molecule has 3 aromatic rings. The van der Waals surface area contributed by atoms with Crippen molar-refractivity contribution in [1.29, 1.82) is 0 Å². The molecule has 0 atom stereocenters. The predicted octanol–water partition coefficient (Wildman–Crippen LogP) is 3.65. The molecule has 35 heavy (non-hydrogen) atoms. The van der Waals surface area contributed by atoms with Gasteiger partial charge in [-0.05, 0) is 82.7 Å². The lowest BCUT2D eigenvalue weighted by molar-refractivity contribution is 0.101. The summed E-state index contributed by atoms with van der Waals surface area (Å²) < 4.78 is 0.532. The first-order chi connectivity index (χ1) is 17.1. The highest BCUT2D eigenvalue weighted by Gasteiger charge is 2.15. The monoisotopic (exact) mass is 530 g/mol. The third-order valence-corrected chi connectivity index (χ3v) is 6.31. The van der Waals surface area contributed by atoms with Crippen LogP contribution in [0.5, 0.6) is 0 Å². The lowest BCUT2D eigenvalue weighted by Gasteiger charge is -2.10. The number of carbonyl (C=O) groups excluding carboxylic acids is 2. The molecule has 4 N–H and O–H groups in total. The van der Waals surface area contributed by atoms with Gasteiger partial charge in [0.2, 0.25) is 0 Å². The van der Waals surface area contributed by atoms with Crippen LogP contribution in [0.25, 0.3) is 0 Å². The predicted molar refractivity (Wildman–Crippen MR) is 142 cm³/mol. The zero-order chi connectivity index (χ0) is 24.2. The molecule has 0 spiro atoms. The molecule has 2 amide bonds. The number of halogens is 1. The molecule has 2 heterocycles. The highest BCUT2D eigenvalue weighted by Crippen LogP contribution is 2.22. The van der Waals surface area contributed by atoms with Gasteiger partial charge in [0.05, 0.1) is 18.7 Å². The Balaban J connectivity index is 1.22. The second-order valence-electron chi connectivity index (χ2n) is 8.07. The van der Waals surface area contributed by atoms with Gasteiger partial charge in [0.25, 0.3) is 11.8 Å². The van der Waals surface area contributed by atoms with Gasteiger partial charge in [0.15, 0.2) is 0 Å². The molecule has 0 aliphatic carbocycles. The van der Waals surface area contributed by atoms with E-state index in [1.54, 1.807) is 18.2 Å².